The summed E-state index contributed by atoms with van der Waals surface area (Å²) < 4.78 is 35.8. The predicted octanol–water partition coefficient (Wildman–Crippen LogP) is 1.91. The van der Waals surface area contributed by atoms with E-state index >= 15 is 0 Å². The first-order valence-corrected chi connectivity index (χ1v) is 5.39. The number of alkyl halides is 3. The van der Waals surface area contributed by atoms with Crippen LogP contribution in [0.25, 0.3) is 0 Å². The minimum absolute atomic E-state index is 0.0581. The first kappa shape index (κ1) is 15.0. The third-order valence-corrected chi connectivity index (χ3v) is 2.53. The van der Waals surface area contributed by atoms with Crippen molar-refractivity contribution >= 4 is 11.9 Å². The van der Waals surface area contributed by atoms with Gasteiger partial charge in [0.05, 0.1) is 5.56 Å². The smallest absolute Gasteiger partial charge is 0.471 e. The van der Waals surface area contributed by atoms with E-state index in [0.29, 0.717) is 5.56 Å². The van der Waals surface area contributed by atoms with Gasteiger partial charge in [0.25, 0.3) is 0 Å². The van der Waals surface area contributed by atoms with Crippen LogP contribution in [-0.4, -0.2) is 29.7 Å². The summed E-state index contributed by atoms with van der Waals surface area (Å²) in [6, 6.07) is 4.37. The Bertz CT molecular complexity index is 497. The molecule has 0 unspecified atom stereocenters. The van der Waals surface area contributed by atoms with Crippen LogP contribution in [0.4, 0.5) is 13.2 Å². The van der Waals surface area contributed by atoms with Gasteiger partial charge in [-0.25, -0.2) is 4.79 Å². The van der Waals surface area contributed by atoms with E-state index in [9.17, 15) is 22.8 Å². The Morgan fingerprint density at radius 3 is 2.47 bits per heavy atom. The summed E-state index contributed by atoms with van der Waals surface area (Å²) in [7, 11) is 0. The van der Waals surface area contributed by atoms with Crippen LogP contribution < -0.4 is 5.32 Å². The van der Waals surface area contributed by atoms with E-state index < -0.39 is 18.1 Å². The first-order chi connectivity index (χ1) is 8.71. The van der Waals surface area contributed by atoms with Crippen LogP contribution in [0.3, 0.4) is 0 Å². The van der Waals surface area contributed by atoms with Gasteiger partial charge in [-0.15, -0.1) is 0 Å². The van der Waals surface area contributed by atoms with Gasteiger partial charge in [0.2, 0.25) is 0 Å². The number of rotatable bonds is 4. The molecule has 2 N–H and O–H groups in total. The van der Waals surface area contributed by atoms with Gasteiger partial charge in [0.15, 0.2) is 0 Å². The molecule has 0 fully saturated rings. The lowest BCUT2D eigenvalue weighted by molar-refractivity contribution is -0.173. The van der Waals surface area contributed by atoms with Crippen molar-refractivity contribution < 1.29 is 27.9 Å². The van der Waals surface area contributed by atoms with E-state index in [4.69, 9.17) is 5.11 Å². The van der Waals surface area contributed by atoms with Crippen molar-refractivity contribution in [2.45, 2.75) is 19.5 Å². The number of hydrogen-bond acceptors (Lipinski definition) is 2. The topological polar surface area (TPSA) is 66.4 Å². The highest BCUT2D eigenvalue weighted by Gasteiger charge is 2.38. The second kappa shape index (κ2) is 5.73. The highest BCUT2D eigenvalue weighted by atomic mass is 19.4. The summed E-state index contributed by atoms with van der Waals surface area (Å²) >= 11 is 0. The lowest BCUT2D eigenvalue weighted by Crippen LogP contribution is -2.37. The van der Waals surface area contributed by atoms with Gasteiger partial charge in [0, 0.05) is 6.54 Å². The van der Waals surface area contributed by atoms with Crippen LogP contribution in [-0.2, 0) is 11.2 Å². The summed E-state index contributed by atoms with van der Waals surface area (Å²) in [4.78, 5) is 21.3. The van der Waals surface area contributed by atoms with Crippen molar-refractivity contribution in [2.75, 3.05) is 6.54 Å². The lowest BCUT2D eigenvalue weighted by atomic mass is 10.0. The van der Waals surface area contributed by atoms with Crippen molar-refractivity contribution in [1.82, 2.24) is 5.32 Å². The Hall–Kier alpha value is -2.05. The van der Waals surface area contributed by atoms with E-state index in [1.807, 2.05) is 0 Å². The average Bonchev–Trinajstić information content (AvgIpc) is 2.29. The van der Waals surface area contributed by atoms with Gasteiger partial charge in [-0.2, -0.15) is 13.2 Å². The molecule has 0 atom stereocenters. The molecule has 0 heterocycles. The Morgan fingerprint density at radius 2 is 1.95 bits per heavy atom. The van der Waals surface area contributed by atoms with E-state index in [-0.39, 0.29) is 18.5 Å². The number of carbonyl (C=O) groups excluding carboxylic acids is 1. The Morgan fingerprint density at radius 1 is 1.32 bits per heavy atom. The summed E-state index contributed by atoms with van der Waals surface area (Å²) in [5.41, 5.74) is 1.40. The molecular formula is C12H12F3NO3. The van der Waals surface area contributed by atoms with Crippen LogP contribution in [0.1, 0.15) is 21.5 Å². The molecule has 1 amide bonds. The molecule has 1 aromatic rings. The number of amides is 1. The molecule has 0 saturated carbocycles. The molecule has 1 aromatic carbocycles. The fourth-order valence-corrected chi connectivity index (χ4v) is 1.48. The van der Waals surface area contributed by atoms with Gasteiger partial charge in [-0.3, -0.25) is 4.79 Å². The zero-order chi connectivity index (χ0) is 14.6. The molecule has 0 aromatic heterocycles. The van der Waals surface area contributed by atoms with Crippen LogP contribution in [0.2, 0.25) is 0 Å². The zero-order valence-corrected chi connectivity index (χ0v) is 10.0. The maximum Gasteiger partial charge on any atom is 0.471 e. The number of aryl methyl sites for hydroxylation is 1. The SMILES string of the molecule is Cc1ccc(C(=O)O)cc1CCNC(=O)C(F)(F)F. The second-order valence-corrected chi connectivity index (χ2v) is 3.95. The van der Waals surface area contributed by atoms with Crippen LogP contribution in [0.15, 0.2) is 18.2 Å². The van der Waals surface area contributed by atoms with Gasteiger partial charge < -0.3 is 10.4 Å². The van der Waals surface area contributed by atoms with Crippen molar-refractivity contribution in [3.8, 4) is 0 Å². The van der Waals surface area contributed by atoms with Gasteiger partial charge in [0.1, 0.15) is 0 Å². The molecular weight excluding hydrogens is 263 g/mol. The maximum absolute atomic E-state index is 11.9. The Balaban J connectivity index is 2.65. The number of halogens is 3. The van der Waals surface area contributed by atoms with E-state index in [1.54, 1.807) is 18.3 Å². The second-order valence-electron chi connectivity index (χ2n) is 3.95. The number of carbonyl (C=O) groups is 2. The number of aromatic carboxylic acids is 1. The van der Waals surface area contributed by atoms with Crippen molar-refractivity contribution in [2.24, 2.45) is 0 Å². The molecule has 0 bridgehead atoms. The quantitative estimate of drug-likeness (QED) is 0.882. The molecule has 4 nitrogen and oxygen atoms in total. The maximum atomic E-state index is 11.9. The van der Waals surface area contributed by atoms with E-state index in [2.05, 4.69) is 0 Å². The normalized spacial score (nSPS) is 11.2. The number of carboxylic acids is 1. The number of carboxylic acid groups (broad SMARTS) is 1. The molecule has 7 heteroatoms. The first-order valence-electron chi connectivity index (χ1n) is 5.39. The van der Waals surface area contributed by atoms with Crippen molar-refractivity contribution in [3.63, 3.8) is 0 Å². The van der Waals surface area contributed by atoms with Gasteiger partial charge in [-0.1, -0.05) is 6.07 Å². The molecule has 0 spiro atoms. The minimum Gasteiger partial charge on any atom is -0.478 e. The molecule has 0 aliphatic rings. The molecule has 0 aliphatic heterocycles. The van der Waals surface area contributed by atoms with Crippen LogP contribution >= 0.6 is 0 Å². The molecule has 104 valence electrons. The summed E-state index contributed by atoms with van der Waals surface area (Å²) in [5.74, 6) is -3.11. The molecule has 0 radical (unpaired) electrons. The highest BCUT2D eigenvalue weighted by Crippen LogP contribution is 2.15. The Labute approximate surface area is 107 Å². The van der Waals surface area contributed by atoms with E-state index in [0.717, 1.165) is 5.56 Å². The van der Waals surface area contributed by atoms with E-state index in [1.165, 1.54) is 12.1 Å². The minimum atomic E-state index is -4.90. The van der Waals surface area contributed by atoms with Gasteiger partial charge in [-0.05, 0) is 36.6 Å². The fraction of sp³-hybridized carbons (Fsp3) is 0.333. The molecule has 19 heavy (non-hydrogen) atoms. The third kappa shape index (κ3) is 4.27. The monoisotopic (exact) mass is 275 g/mol. The summed E-state index contributed by atoms with van der Waals surface area (Å²) in [5, 5.41) is 10.5. The largest absolute Gasteiger partial charge is 0.478 e. The zero-order valence-electron chi connectivity index (χ0n) is 10.0. The number of benzene rings is 1. The van der Waals surface area contributed by atoms with Crippen LogP contribution in [0.5, 0.6) is 0 Å². The fourth-order valence-electron chi connectivity index (χ4n) is 1.48. The van der Waals surface area contributed by atoms with Crippen LogP contribution in [0, 0.1) is 6.92 Å². The summed E-state index contributed by atoms with van der Waals surface area (Å²) in [6.07, 6.45) is -4.77. The third-order valence-electron chi connectivity index (χ3n) is 2.53. The van der Waals surface area contributed by atoms with Crippen molar-refractivity contribution in [1.29, 1.82) is 0 Å². The van der Waals surface area contributed by atoms with Crippen molar-refractivity contribution in [3.05, 3.63) is 34.9 Å². The number of hydrogen-bond donors (Lipinski definition) is 2. The number of nitrogens with one attached hydrogen (secondary N) is 1. The highest BCUT2D eigenvalue weighted by molar-refractivity contribution is 5.87. The molecule has 1 rings (SSSR count). The molecule has 0 aliphatic carbocycles. The molecule has 0 saturated heterocycles. The predicted molar refractivity (Wildman–Crippen MR) is 60.9 cm³/mol. The Kier molecular flexibility index (Phi) is 4.52. The standard InChI is InChI=1S/C12H12F3NO3/c1-7-2-3-9(10(17)18)6-8(7)4-5-16-11(19)12(13,14)15/h2-3,6H,4-5H2,1H3,(H,16,19)(H,17,18). The lowest BCUT2D eigenvalue weighted by Gasteiger charge is -2.10. The van der Waals surface area contributed by atoms with Gasteiger partial charge >= 0.3 is 18.1 Å². The average molecular weight is 275 g/mol. The summed E-state index contributed by atoms with van der Waals surface area (Å²) in [6.45, 7) is 1.51.